The summed E-state index contributed by atoms with van der Waals surface area (Å²) in [6.45, 7) is 3.46. The van der Waals surface area contributed by atoms with Gasteiger partial charge in [-0.15, -0.1) is 11.3 Å². The van der Waals surface area contributed by atoms with Gasteiger partial charge in [0.2, 0.25) is 5.78 Å². The van der Waals surface area contributed by atoms with Gasteiger partial charge in [-0.1, -0.05) is 30.8 Å². The molecular weight excluding hydrogens is 256 g/mol. The number of hydrogen-bond acceptors (Lipinski definition) is 3. The van der Waals surface area contributed by atoms with E-state index in [1.807, 2.05) is 6.07 Å². The summed E-state index contributed by atoms with van der Waals surface area (Å²) in [5.41, 5.74) is 1.29. The van der Waals surface area contributed by atoms with Gasteiger partial charge in [-0.25, -0.2) is 0 Å². The van der Waals surface area contributed by atoms with Crippen LogP contribution in [0, 0.1) is 0 Å². The van der Waals surface area contributed by atoms with E-state index < -0.39 is 0 Å². The Bertz CT molecular complexity index is 633. The van der Waals surface area contributed by atoms with Gasteiger partial charge in [0.25, 0.3) is 0 Å². The Morgan fingerprint density at radius 2 is 1.74 bits per heavy atom. The Morgan fingerprint density at radius 1 is 1.11 bits per heavy atom. The quantitative estimate of drug-likeness (QED) is 0.661. The lowest BCUT2D eigenvalue weighted by Crippen LogP contribution is -1.98. The van der Waals surface area contributed by atoms with Gasteiger partial charge >= 0.3 is 0 Å². The Balaban J connectivity index is 1.83. The van der Waals surface area contributed by atoms with Crippen LogP contribution in [-0.4, -0.2) is 10.9 Å². The molecule has 1 fully saturated rings. The lowest BCUT2D eigenvalue weighted by atomic mass is 10.1. The Morgan fingerprint density at radius 3 is 2.32 bits per heavy atom. The van der Waals surface area contributed by atoms with Crippen molar-refractivity contribution in [3.8, 4) is 0 Å². The van der Waals surface area contributed by atoms with Crippen molar-refractivity contribution in [2.75, 3.05) is 0 Å². The normalized spacial score (nSPS) is 14.3. The van der Waals surface area contributed by atoms with Crippen LogP contribution in [0.25, 0.3) is 5.76 Å². The number of aliphatic hydroxyl groups is 1. The van der Waals surface area contributed by atoms with Gasteiger partial charge in [0.1, 0.15) is 5.76 Å². The molecule has 0 aliphatic heterocycles. The molecule has 1 aromatic carbocycles. The van der Waals surface area contributed by atoms with Crippen molar-refractivity contribution in [3.05, 3.63) is 63.9 Å². The molecule has 2 nitrogen and oxygen atoms in total. The molecule has 1 heterocycles. The molecule has 1 aliphatic carbocycles. The van der Waals surface area contributed by atoms with Gasteiger partial charge in [-0.05, 0) is 30.9 Å². The molecule has 0 bridgehead atoms. The van der Waals surface area contributed by atoms with Crippen LogP contribution in [0.3, 0.4) is 0 Å². The molecule has 1 aliphatic rings. The van der Waals surface area contributed by atoms with E-state index in [4.69, 9.17) is 0 Å². The molecule has 3 heteroatoms. The summed E-state index contributed by atoms with van der Waals surface area (Å²) in [7, 11) is 0. The van der Waals surface area contributed by atoms with E-state index in [1.54, 1.807) is 35.6 Å². The highest BCUT2D eigenvalue weighted by molar-refractivity contribution is 7.14. The third kappa shape index (κ3) is 2.47. The number of carbonyl (C=O) groups excluding carboxylic acids is 1. The summed E-state index contributed by atoms with van der Waals surface area (Å²) < 4.78 is 0. The predicted molar refractivity (Wildman–Crippen MR) is 77.8 cm³/mol. The fourth-order valence-electron chi connectivity index (χ4n) is 2.02. The molecule has 0 spiro atoms. The predicted octanol–water partition coefficient (Wildman–Crippen LogP) is 4.39. The number of aliphatic hydroxyl groups excluding tert-OH is 1. The van der Waals surface area contributed by atoms with Crippen molar-refractivity contribution in [2.24, 2.45) is 0 Å². The lowest BCUT2D eigenvalue weighted by Gasteiger charge is -2.01. The molecule has 0 amide bonds. The number of ketones is 1. The highest BCUT2D eigenvalue weighted by Gasteiger charge is 2.26. The Hall–Kier alpha value is -1.87. The summed E-state index contributed by atoms with van der Waals surface area (Å²) in [5.74, 6) is 0.754. The molecule has 96 valence electrons. The first-order valence-corrected chi connectivity index (χ1v) is 7.09. The van der Waals surface area contributed by atoms with E-state index in [0.29, 0.717) is 17.0 Å². The van der Waals surface area contributed by atoms with Gasteiger partial charge in [0.15, 0.2) is 0 Å². The summed E-state index contributed by atoms with van der Waals surface area (Å²) >= 11 is 1.60. The standard InChI is InChI=1S/C16H14O2S/c1-10(17)11-2-6-13(7-3-11)16(18)15-9-8-14(19-15)12-4-5-12/h2-3,6-9,12,17H,1,4-5H2. The molecule has 2 aromatic rings. The SMILES string of the molecule is C=C(O)c1ccc(C(=O)c2ccc(C3CC3)s2)cc1. The number of benzene rings is 1. The Labute approximate surface area is 116 Å². The third-order valence-electron chi connectivity index (χ3n) is 3.31. The first kappa shape index (κ1) is 12.2. The zero-order valence-corrected chi connectivity index (χ0v) is 11.2. The van der Waals surface area contributed by atoms with E-state index in [-0.39, 0.29) is 11.5 Å². The summed E-state index contributed by atoms with van der Waals surface area (Å²) in [4.78, 5) is 14.4. The molecule has 0 radical (unpaired) electrons. The summed E-state index contributed by atoms with van der Waals surface area (Å²) in [6, 6.07) is 10.9. The average Bonchev–Trinajstić information content (AvgIpc) is 3.16. The second-order valence-electron chi connectivity index (χ2n) is 4.83. The maximum absolute atomic E-state index is 12.3. The molecule has 1 N–H and O–H groups in total. The van der Waals surface area contributed by atoms with E-state index in [2.05, 4.69) is 12.6 Å². The minimum Gasteiger partial charge on any atom is -0.508 e. The van der Waals surface area contributed by atoms with Gasteiger partial charge < -0.3 is 5.11 Å². The Kier molecular flexibility index (Phi) is 2.99. The van der Waals surface area contributed by atoms with Crippen LogP contribution in [0.4, 0.5) is 0 Å². The maximum atomic E-state index is 12.3. The van der Waals surface area contributed by atoms with Crippen LogP contribution in [-0.2, 0) is 0 Å². The largest absolute Gasteiger partial charge is 0.508 e. The average molecular weight is 270 g/mol. The van der Waals surface area contributed by atoms with Crippen molar-refractivity contribution in [1.82, 2.24) is 0 Å². The zero-order chi connectivity index (χ0) is 13.4. The molecule has 0 saturated heterocycles. The smallest absolute Gasteiger partial charge is 0.202 e. The van der Waals surface area contributed by atoms with Gasteiger partial charge in [0.05, 0.1) is 4.88 Å². The molecule has 1 aromatic heterocycles. The molecule has 19 heavy (non-hydrogen) atoms. The van der Waals surface area contributed by atoms with Crippen LogP contribution in [0.2, 0.25) is 0 Å². The van der Waals surface area contributed by atoms with Crippen LogP contribution in [0.15, 0.2) is 43.0 Å². The number of thiophene rings is 1. The molecule has 1 saturated carbocycles. The number of carbonyl (C=O) groups is 1. The van der Waals surface area contributed by atoms with Gasteiger partial charge in [-0.3, -0.25) is 4.79 Å². The minimum absolute atomic E-state index is 0.0196. The zero-order valence-electron chi connectivity index (χ0n) is 10.4. The minimum atomic E-state index is 0.0196. The number of rotatable bonds is 4. The third-order valence-corrected chi connectivity index (χ3v) is 4.56. The molecular formula is C16H14O2S. The van der Waals surface area contributed by atoms with Crippen molar-refractivity contribution >= 4 is 22.9 Å². The fourth-order valence-corrected chi connectivity index (χ4v) is 3.16. The van der Waals surface area contributed by atoms with Crippen molar-refractivity contribution < 1.29 is 9.90 Å². The summed E-state index contributed by atoms with van der Waals surface area (Å²) in [5, 5.41) is 9.26. The highest BCUT2D eigenvalue weighted by atomic mass is 32.1. The summed E-state index contributed by atoms with van der Waals surface area (Å²) in [6.07, 6.45) is 2.50. The first-order valence-electron chi connectivity index (χ1n) is 6.28. The van der Waals surface area contributed by atoms with Crippen molar-refractivity contribution in [2.45, 2.75) is 18.8 Å². The first-order chi connectivity index (χ1) is 9.15. The number of hydrogen-bond donors (Lipinski definition) is 1. The van der Waals surface area contributed by atoms with Gasteiger partial charge in [0, 0.05) is 16.0 Å². The topological polar surface area (TPSA) is 37.3 Å². The van der Waals surface area contributed by atoms with E-state index in [9.17, 15) is 9.90 Å². The molecule has 0 unspecified atom stereocenters. The van der Waals surface area contributed by atoms with Crippen molar-refractivity contribution in [1.29, 1.82) is 0 Å². The van der Waals surface area contributed by atoms with Crippen molar-refractivity contribution in [3.63, 3.8) is 0 Å². The second-order valence-corrected chi connectivity index (χ2v) is 5.94. The van der Waals surface area contributed by atoms with E-state index in [1.165, 1.54) is 17.7 Å². The van der Waals surface area contributed by atoms with Crippen LogP contribution in [0.5, 0.6) is 0 Å². The maximum Gasteiger partial charge on any atom is 0.202 e. The highest BCUT2D eigenvalue weighted by Crippen LogP contribution is 2.43. The van der Waals surface area contributed by atoms with E-state index >= 15 is 0 Å². The fraction of sp³-hybridized carbons (Fsp3) is 0.188. The monoisotopic (exact) mass is 270 g/mol. The molecule has 3 rings (SSSR count). The van der Waals surface area contributed by atoms with Gasteiger partial charge in [-0.2, -0.15) is 0 Å². The van der Waals surface area contributed by atoms with E-state index in [0.717, 1.165) is 4.88 Å². The van der Waals surface area contributed by atoms with Crippen LogP contribution in [0.1, 0.15) is 44.4 Å². The lowest BCUT2D eigenvalue weighted by molar-refractivity contribution is 0.104. The molecule has 0 atom stereocenters. The van der Waals surface area contributed by atoms with Crippen LogP contribution < -0.4 is 0 Å². The van der Waals surface area contributed by atoms with Crippen LogP contribution >= 0.6 is 11.3 Å². The second kappa shape index (κ2) is 4.67.